The Hall–Kier alpha value is -1.39. The number of azo groups is 1. The van der Waals surface area contributed by atoms with Gasteiger partial charge in [0.15, 0.2) is 0 Å². The Labute approximate surface area is 44.3 Å². The number of rotatable bonds is 0. The van der Waals surface area contributed by atoms with Crippen LogP contribution in [-0.2, 0) is 4.79 Å². The Bertz CT molecular complexity index is 189. The smallest absolute Gasteiger partial charge is 0.492 e. The Morgan fingerprint density at radius 3 is 2.25 bits per heavy atom. The SMILES string of the molecule is O=C1C=C[N+]([O-])=[N+]1[O-]. The zero-order valence-corrected chi connectivity index (χ0v) is 3.77. The number of hydroxylamine groups is 2. The molecule has 0 unspecified atom stereocenters. The Balaban J connectivity index is 3.02. The zero-order chi connectivity index (χ0) is 6.15. The van der Waals surface area contributed by atoms with Gasteiger partial charge in [-0.05, 0) is 0 Å². The maximum absolute atomic E-state index is 10.1. The molecule has 1 rings (SSSR count). The van der Waals surface area contributed by atoms with Crippen molar-refractivity contribution in [3.8, 4) is 0 Å². The summed E-state index contributed by atoms with van der Waals surface area (Å²) in [4.78, 5) is 9.71. The molecule has 1 aliphatic rings. The van der Waals surface area contributed by atoms with Gasteiger partial charge in [-0.15, -0.1) is 0 Å². The van der Waals surface area contributed by atoms with Crippen molar-refractivity contribution in [3.05, 3.63) is 22.7 Å². The summed E-state index contributed by atoms with van der Waals surface area (Å²) in [5, 5.41) is 20.0. The lowest BCUT2D eigenvalue weighted by Gasteiger charge is -1.86. The molecule has 0 aliphatic carbocycles. The zero-order valence-electron chi connectivity index (χ0n) is 3.77. The van der Waals surface area contributed by atoms with Gasteiger partial charge in [-0.25, -0.2) is 4.79 Å². The van der Waals surface area contributed by atoms with Gasteiger partial charge in [0.25, 0.3) is 6.20 Å². The fourth-order valence-corrected chi connectivity index (χ4v) is 0.349. The van der Waals surface area contributed by atoms with Gasteiger partial charge in [0.2, 0.25) is 0 Å². The van der Waals surface area contributed by atoms with Crippen molar-refractivity contribution in [3.63, 3.8) is 0 Å². The van der Waals surface area contributed by atoms with Crippen LogP contribution in [0.15, 0.2) is 12.3 Å². The first-order chi connectivity index (χ1) is 3.72. The molecule has 0 saturated carbocycles. The van der Waals surface area contributed by atoms with Gasteiger partial charge in [-0.3, -0.25) is 0 Å². The first-order valence-electron chi connectivity index (χ1n) is 1.87. The van der Waals surface area contributed by atoms with E-state index in [-0.39, 0.29) is 9.72 Å². The largest absolute Gasteiger partial charge is 0.561 e. The van der Waals surface area contributed by atoms with Gasteiger partial charge in [0.05, 0.1) is 4.86 Å². The molecular formula is C3H2N2O3. The fourth-order valence-electron chi connectivity index (χ4n) is 0.349. The van der Waals surface area contributed by atoms with Crippen LogP contribution in [0.5, 0.6) is 0 Å². The van der Waals surface area contributed by atoms with Crippen molar-refractivity contribution in [2.24, 2.45) is 0 Å². The molecule has 1 amide bonds. The normalized spacial score (nSPS) is 18.2. The molecule has 1 aliphatic heterocycles. The Morgan fingerprint density at radius 2 is 2.12 bits per heavy atom. The second-order valence-electron chi connectivity index (χ2n) is 1.23. The number of carbonyl (C=O) groups excluding carboxylic acids is 1. The average Bonchev–Trinajstić information content (AvgIpc) is 1.98. The molecule has 0 aromatic carbocycles. The molecule has 0 spiro atoms. The van der Waals surface area contributed by atoms with Crippen molar-refractivity contribution in [1.29, 1.82) is 0 Å². The molecule has 0 atom stereocenters. The highest BCUT2D eigenvalue weighted by atomic mass is 16.6. The average molecular weight is 114 g/mol. The Morgan fingerprint density at radius 1 is 1.50 bits per heavy atom. The second-order valence-corrected chi connectivity index (χ2v) is 1.23. The third-order valence-corrected chi connectivity index (χ3v) is 0.712. The highest BCUT2D eigenvalue weighted by Gasteiger charge is 2.22. The summed E-state index contributed by atoms with van der Waals surface area (Å²) in [5.41, 5.74) is 0. The number of amides is 1. The molecule has 0 aromatic rings. The van der Waals surface area contributed by atoms with E-state index in [1.807, 2.05) is 0 Å². The van der Waals surface area contributed by atoms with E-state index < -0.39 is 5.91 Å². The minimum Gasteiger partial charge on any atom is -0.561 e. The number of nitrogens with zero attached hydrogens (tertiary/aromatic N) is 2. The summed E-state index contributed by atoms with van der Waals surface area (Å²) >= 11 is 0. The molecular weight excluding hydrogens is 112 g/mol. The maximum atomic E-state index is 10.1. The quantitative estimate of drug-likeness (QED) is 0.315. The molecule has 5 nitrogen and oxygen atoms in total. The third-order valence-electron chi connectivity index (χ3n) is 0.712. The van der Waals surface area contributed by atoms with Crippen LogP contribution in [0.2, 0.25) is 0 Å². The third kappa shape index (κ3) is 0.446. The molecule has 8 heavy (non-hydrogen) atoms. The highest BCUT2D eigenvalue weighted by molar-refractivity contribution is 5.79. The van der Waals surface area contributed by atoms with Crippen LogP contribution in [0.4, 0.5) is 0 Å². The number of hydrogen-bond donors (Lipinski definition) is 0. The lowest BCUT2D eigenvalue weighted by molar-refractivity contribution is -0.889. The summed E-state index contributed by atoms with van der Waals surface area (Å²) < 4.78 is 0. The van der Waals surface area contributed by atoms with Crippen LogP contribution in [0.3, 0.4) is 0 Å². The van der Waals surface area contributed by atoms with Crippen molar-refractivity contribution in [2.45, 2.75) is 0 Å². The van der Waals surface area contributed by atoms with E-state index in [0.717, 1.165) is 12.3 Å². The standard InChI is InChI=1S/C3H2N2O3/c6-3-1-2-4(7)5(3)8/h1-2H. The van der Waals surface area contributed by atoms with Crippen molar-refractivity contribution >= 4 is 5.91 Å². The fraction of sp³-hybridized carbons (Fsp3) is 0. The lowest BCUT2D eigenvalue weighted by atomic mass is 10.6. The number of hydrogen-bond acceptors (Lipinski definition) is 3. The van der Waals surface area contributed by atoms with Crippen LogP contribution in [0.1, 0.15) is 0 Å². The first-order valence-corrected chi connectivity index (χ1v) is 1.87. The van der Waals surface area contributed by atoms with E-state index in [9.17, 15) is 15.2 Å². The van der Waals surface area contributed by atoms with Gasteiger partial charge < -0.3 is 10.4 Å². The molecule has 0 bridgehead atoms. The molecule has 0 saturated heterocycles. The summed E-state index contributed by atoms with van der Waals surface area (Å²) in [6.45, 7) is 0. The van der Waals surface area contributed by atoms with Gasteiger partial charge in [-0.2, -0.15) is 0 Å². The van der Waals surface area contributed by atoms with E-state index >= 15 is 0 Å². The van der Waals surface area contributed by atoms with Crippen LogP contribution >= 0.6 is 0 Å². The second kappa shape index (κ2) is 1.29. The van der Waals surface area contributed by atoms with E-state index in [1.165, 1.54) is 0 Å². The van der Waals surface area contributed by atoms with Crippen molar-refractivity contribution in [1.82, 2.24) is 0 Å². The van der Waals surface area contributed by atoms with Crippen LogP contribution in [0, 0.1) is 10.4 Å². The first kappa shape index (κ1) is 4.76. The van der Waals surface area contributed by atoms with Crippen molar-refractivity contribution < 1.29 is 14.5 Å². The van der Waals surface area contributed by atoms with Crippen molar-refractivity contribution in [2.75, 3.05) is 0 Å². The molecule has 1 heterocycles. The van der Waals surface area contributed by atoms with Gasteiger partial charge in [0, 0.05) is 0 Å². The molecule has 5 heteroatoms. The summed E-state index contributed by atoms with van der Waals surface area (Å²) in [6.07, 6.45) is 1.76. The minimum atomic E-state index is -0.833. The van der Waals surface area contributed by atoms with Crippen LogP contribution in [-0.4, -0.2) is 15.6 Å². The molecule has 0 radical (unpaired) electrons. The molecule has 0 fully saturated rings. The van der Waals surface area contributed by atoms with E-state index in [2.05, 4.69) is 0 Å². The highest BCUT2D eigenvalue weighted by Crippen LogP contribution is 1.90. The van der Waals surface area contributed by atoms with Crippen LogP contribution in [0.25, 0.3) is 0 Å². The topological polar surface area (TPSA) is 69.2 Å². The monoisotopic (exact) mass is 114 g/mol. The van der Waals surface area contributed by atoms with E-state index in [0.29, 0.717) is 0 Å². The van der Waals surface area contributed by atoms with Crippen LogP contribution < -0.4 is 0 Å². The predicted octanol–water partition coefficient (Wildman–Crippen LogP) is -0.487. The van der Waals surface area contributed by atoms with Gasteiger partial charge >= 0.3 is 5.91 Å². The van der Waals surface area contributed by atoms with E-state index in [4.69, 9.17) is 0 Å². The molecule has 0 N–H and O–H groups in total. The summed E-state index contributed by atoms with van der Waals surface area (Å²) in [5.74, 6) is -0.833. The lowest BCUT2D eigenvalue weighted by Crippen LogP contribution is -2.12. The molecule has 0 aromatic heterocycles. The minimum absolute atomic E-state index is 0.0810. The summed E-state index contributed by atoms with van der Waals surface area (Å²) in [7, 11) is 0. The van der Waals surface area contributed by atoms with E-state index in [1.54, 1.807) is 0 Å². The van der Waals surface area contributed by atoms with Gasteiger partial charge in [-0.1, -0.05) is 0 Å². The number of carbonyl (C=O) groups is 1. The summed E-state index contributed by atoms with van der Waals surface area (Å²) in [6, 6.07) is 0. The molecule has 42 valence electrons. The maximum Gasteiger partial charge on any atom is 0.492 e. The van der Waals surface area contributed by atoms with Gasteiger partial charge in [0.1, 0.15) is 10.9 Å². The predicted molar refractivity (Wildman–Crippen MR) is 21.4 cm³/mol. The Kier molecular flexibility index (Phi) is 0.768.